The summed E-state index contributed by atoms with van der Waals surface area (Å²) >= 11 is 0. The number of nitro benzene ring substituents is 1. The Morgan fingerprint density at radius 3 is 2.40 bits per heavy atom. The van der Waals surface area contributed by atoms with Gasteiger partial charge in [0.25, 0.3) is 5.69 Å². The fraction of sp³-hybridized carbons (Fsp3) is 0.211. The molecular weight excluding hydrogens is 320 g/mol. The topological polar surface area (TPSA) is 95.5 Å². The number of hydrogen-bond acceptors (Lipinski definition) is 5. The Bertz CT molecular complexity index is 757. The molecule has 0 aliphatic heterocycles. The lowest BCUT2D eigenvalue weighted by atomic mass is 9.87. The molecule has 0 fully saturated rings. The van der Waals surface area contributed by atoms with Crippen molar-refractivity contribution >= 4 is 17.7 Å². The third-order valence-electron chi connectivity index (χ3n) is 3.78. The highest BCUT2D eigenvalue weighted by Gasteiger charge is 2.36. The molecule has 0 radical (unpaired) electrons. The molecule has 0 saturated carbocycles. The van der Waals surface area contributed by atoms with Crippen LogP contribution in [0.2, 0.25) is 0 Å². The largest absolute Gasteiger partial charge is 0.464 e. The summed E-state index contributed by atoms with van der Waals surface area (Å²) in [4.78, 5) is 22.7. The van der Waals surface area contributed by atoms with Gasteiger partial charge < -0.3 is 10.5 Å². The lowest BCUT2D eigenvalue weighted by Gasteiger charge is -2.26. The lowest BCUT2D eigenvalue weighted by molar-refractivity contribution is -0.384. The van der Waals surface area contributed by atoms with Crippen LogP contribution in [0.5, 0.6) is 0 Å². The van der Waals surface area contributed by atoms with E-state index in [1.807, 2.05) is 36.4 Å². The molecule has 2 aromatic rings. The molecule has 0 saturated heterocycles. The maximum Gasteiger partial charge on any atom is 0.331 e. The summed E-state index contributed by atoms with van der Waals surface area (Å²) in [5.41, 5.74) is 6.33. The highest BCUT2D eigenvalue weighted by Crippen LogP contribution is 2.27. The second-order valence-electron chi connectivity index (χ2n) is 5.51. The SMILES string of the molecule is CCOC(=O)[C@](N)(C/C=C/c1ccccc1)c1ccc([N+](=O)[O-])cc1. The molecule has 2 N–H and O–H groups in total. The van der Waals surface area contributed by atoms with Gasteiger partial charge in [0.2, 0.25) is 0 Å². The van der Waals surface area contributed by atoms with Crippen LogP contribution in [0.25, 0.3) is 6.08 Å². The monoisotopic (exact) mass is 340 g/mol. The average Bonchev–Trinajstić information content (AvgIpc) is 2.62. The fourth-order valence-corrected chi connectivity index (χ4v) is 2.40. The Hall–Kier alpha value is -2.99. The predicted molar refractivity (Wildman–Crippen MR) is 95.7 cm³/mol. The molecule has 6 nitrogen and oxygen atoms in total. The molecule has 2 rings (SSSR count). The molecule has 0 heterocycles. The molecule has 0 aliphatic rings. The van der Waals surface area contributed by atoms with Crippen molar-refractivity contribution in [1.82, 2.24) is 0 Å². The number of rotatable bonds is 7. The number of nitrogens with zero attached hydrogens (tertiary/aromatic N) is 1. The summed E-state index contributed by atoms with van der Waals surface area (Å²) in [6.07, 6.45) is 3.87. The first-order valence-corrected chi connectivity index (χ1v) is 7.90. The van der Waals surface area contributed by atoms with Crippen molar-refractivity contribution in [3.8, 4) is 0 Å². The van der Waals surface area contributed by atoms with Crippen LogP contribution in [0.1, 0.15) is 24.5 Å². The molecule has 130 valence electrons. The fourth-order valence-electron chi connectivity index (χ4n) is 2.40. The quantitative estimate of drug-likeness (QED) is 0.473. The van der Waals surface area contributed by atoms with Gasteiger partial charge in [-0.2, -0.15) is 0 Å². The van der Waals surface area contributed by atoms with E-state index < -0.39 is 16.4 Å². The number of carbonyl (C=O) groups is 1. The van der Waals surface area contributed by atoms with E-state index in [2.05, 4.69) is 0 Å². The van der Waals surface area contributed by atoms with Crippen LogP contribution in [0.15, 0.2) is 60.7 Å². The third-order valence-corrected chi connectivity index (χ3v) is 3.78. The van der Waals surface area contributed by atoms with E-state index in [0.29, 0.717) is 5.56 Å². The van der Waals surface area contributed by atoms with Gasteiger partial charge in [0.05, 0.1) is 11.5 Å². The van der Waals surface area contributed by atoms with Crippen molar-refractivity contribution in [3.05, 3.63) is 81.9 Å². The van der Waals surface area contributed by atoms with Gasteiger partial charge in [-0.3, -0.25) is 10.1 Å². The molecule has 0 unspecified atom stereocenters. The molecule has 25 heavy (non-hydrogen) atoms. The summed E-state index contributed by atoms with van der Waals surface area (Å²) in [5.74, 6) is -0.568. The van der Waals surface area contributed by atoms with E-state index in [-0.39, 0.29) is 18.7 Å². The van der Waals surface area contributed by atoms with E-state index in [1.54, 1.807) is 13.0 Å². The Labute approximate surface area is 146 Å². The van der Waals surface area contributed by atoms with Gasteiger partial charge in [-0.05, 0) is 36.6 Å². The van der Waals surface area contributed by atoms with Crippen molar-refractivity contribution in [2.75, 3.05) is 6.61 Å². The van der Waals surface area contributed by atoms with Gasteiger partial charge >= 0.3 is 5.97 Å². The third kappa shape index (κ3) is 4.51. The molecule has 0 aliphatic carbocycles. The average molecular weight is 340 g/mol. The molecule has 0 amide bonds. The lowest BCUT2D eigenvalue weighted by Crippen LogP contribution is -2.45. The van der Waals surface area contributed by atoms with Crippen LogP contribution in [-0.4, -0.2) is 17.5 Å². The second kappa shape index (κ2) is 8.21. The first-order chi connectivity index (χ1) is 12.0. The molecule has 0 aromatic heterocycles. The van der Waals surface area contributed by atoms with Crippen LogP contribution in [-0.2, 0) is 15.1 Å². The normalized spacial score (nSPS) is 13.4. The Balaban J connectivity index is 2.28. The van der Waals surface area contributed by atoms with Crippen molar-refractivity contribution in [2.45, 2.75) is 18.9 Å². The Morgan fingerprint density at radius 1 is 1.20 bits per heavy atom. The maximum atomic E-state index is 12.4. The highest BCUT2D eigenvalue weighted by atomic mass is 16.6. The molecule has 1 atom stereocenters. The second-order valence-corrected chi connectivity index (χ2v) is 5.51. The Kier molecular flexibility index (Phi) is 6.03. The van der Waals surface area contributed by atoms with Crippen molar-refractivity contribution in [1.29, 1.82) is 0 Å². The van der Waals surface area contributed by atoms with E-state index in [9.17, 15) is 14.9 Å². The smallest absolute Gasteiger partial charge is 0.331 e. The van der Waals surface area contributed by atoms with Gasteiger partial charge in [-0.25, -0.2) is 4.79 Å². The molecular formula is C19H20N2O4. The number of ether oxygens (including phenoxy) is 1. The number of benzene rings is 2. The highest BCUT2D eigenvalue weighted by molar-refractivity contribution is 5.83. The zero-order valence-corrected chi connectivity index (χ0v) is 13.9. The first-order valence-electron chi connectivity index (χ1n) is 7.90. The zero-order chi connectivity index (χ0) is 18.3. The number of nitro groups is 1. The van der Waals surface area contributed by atoms with E-state index in [1.165, 1.54) is 24.3 Å². The Morgan fingerprint density at radius 2 is 1.84 bits per heavy atom. The maximum absolute atomic E-state index is 12.4. The number of esters is 1. The van der Waals surface area contributed by atoms with Crippen molar-refractivity contribution in [2.24, 2.45) is 5.73 Å². The van der Waals surface area contributed by atoms with E-state index in [4.69, 9.17) is 10.5 Å². The number of carbonyl (C=O) groups excluding carboxylic acids is 1. The summed E-state index contributed by atoms with van der Waals surface area (Å²) in [7, 11) is 0. The van der Waals surface area contributed by atoms with Crippen LogP contribution < -0.4 is 5.73 Å². The first kappa shape index (κ1) is 18.4. The molecule has 2 aromatic carbocycles. The van der Waals surface area contributed by atoms with Crippen LogP contribution in [0.3, 0.4) is 0 Å². The van der Waals surface area contributed by atoms with E-state index >= 15 is 0 Å². The minimum absolute atomic E-state index is 0.0604. The predicted octanol–water partition coefficient (Wildman–Crippen LogP) is 3.42. The zero-order valence-electron chi connectivity index (χ0n) is 13.9. The van der Waals surface area contributed by atoms with Gasteiger partial charge in [0.15, 0.2) is 0 Å². The number of hydrogen-bond donors (Lipinski definition) is 1. The van der Waals surface area contributed by atoms with Crippen molar-refractivity contribution < 1.29 is 14.5 Å². The number of non-ortho nitro benzene ring substituents is 1. The van der Waals surface area contributed by atoms with Gasteiger partial charge in [0.1, 0.15) is 5.54 Å². The standard InChI is InChI=1S/C19H20N2O4/c1-2-25-18(22)19(20,14-6-9-15-7-4-3-5-8-15)16-10-12-17(13-11-16)21(23)24/h3-13H,2,14,20H2,1H3/b9-6+/t19-/m0/s1. The van der Waals surface area contributed by atoms with E-state index in [0.717, 1.165) is 5.56 Å². The summed E-state index contributed by atoms with van der Waals surface area (Å²) in [6.45, 7) is 1.90. The van der Waals surface area contributed by atoms with Crippen LogP contribution in [0.4, 0.5) is 5.69 Å². The van der Waals surface area contributed by atoms with Gasteiger partial charge in [-0.1, -0.05) is 42.5 Å². The minimum atomic E-state index is -1.41. The molecule has 0 spiro atoms. The molecule has 0 bridgehead atoms. The summed E-state index contributed by atoms with van der Waals surface area (Å²) < 4.78 is 5.11. The van der Waals surface area contributed by atoms with Gasteiger partial charge in [-0.15, -0.1) is 0 Å². The van der Waals surface area contributed by atoms with Crippen LogP contribution in [0, 0.1) is 10.1 Å². The van der Waals surface area contributed by atoms with Crippen LogP contribution >= 0.6 is 0 Å². The van der Waals surface area contributed by atoms with Gasteiger partial charge in [0, 0.05) is 12.1 Å². The summed E-state index contributed by atoms with van der Waals surface area (Å²) in [5, 5.41) is 10.8. The molecule has 6 heteroatoms. The number of nitrogens with two attached hydrogens (primary N) is 1. The minimum Gasteiger partial charge on any atom is -0.464 e. The van der Waals surface area contributed by atoms with Crippen molar-refractivity contribution in [3.63, 3.8) is 0 Å². The summed E-state index contributed by atoms with van der Waals surface area (Å²) in [6, 6.07) is 15.3.